The normalized spacial score (nSPS) is 22.2. The van der Waals surface area contributed by atoms with E-state index in [9.17, 15) is 24.2 Å². The zero-order chi connectivity index (χ0) is 36.7. The average molecular weight is 717 g/mol. The van der Waals surface area contributed by atoms with Crippen molar-refractivity contribution < 1.29 is 51.7 Å². The minimum atomic E-state index is -4.49. The molecule has 17 nitrogen and oxygen atoms in total. The molecule has 1 fully saturated rings. The fourth-order valence-electron chi connectivity index (χ4n) is 4.86. The van der Waals surface area contributed by atoms with Crippen LogP contribution in [-0.2, 0) is 52.8 Å². The number of nitrogens with zero attached hydrogens (tertiary/aromatic N) is 4. The molecule has 18 heteroatoms. The molecule has 1 saturated heterocycles. The number of nitrogens with one attached hydrogen (secondary N) is 1. The van der Waals surface area contributed by atoms with Gasteiger partial charge in [-0.3, -0.25) is 18.9 Å². The number of methoxy groups -OCH3 is 1. The quantitative estimate of drug-likeness (QED) is 0.123. The first-order valence-corrected chi connectivity index (χ1v) is 17.3. The van der Waals surface area contributed by atoms with Gasteiger partial charge < -0.3 is 33.9 Å². The largest absolute Gasteiger partial charge is 0.461 e. The third-order valence-corrected chi connectivity index (χ3v) is 9.38. The van der Waals surface area contributed by atoms with Gasteiger partial charge in [0, 0.05) is 20.0 Å². The zero-order valence-corrected chi connectivity index (χ0v) is 29.5. The number of esters is 3. The number of hydrogen-bond donors (Lipinski definition) is 2. The number of carbonyl (C=O) groups is 3. The van der Waals surface area contributed by atoms with Crippen molar-refractivity contribution in [2.45, 2.75) is 83.0 Å². The smallest absolute Gasteiger partial charge is 0.459 e. The first-order chi connectivity index (χ1) is 23.7. The molecule has 3 N–H and O–H groups in total. The lowest BCUT2D eigenvalue weighted by atomic mass is 9.92. The van der Waals surface area contributed by atoms with Crippen LogP contribution in [0.25, 0.3) is 5.52 Å². The predicted octanol–water partition coefficient (Wildman–Crippen LogP) is 3.22. The molecule has 1 aliphatic heterocycles. The van der Waals surface area contributed by atoms with E-state index in [2.05, 4.69) is 21.2 Å². The van der Waals surface area contributed by atoms with Crippen LogP contribution in [0.1, 0.15) is 53.2 Å². The molecule has 3 heterocycles. The van der Waals surface area contributed by atoms with Gasteiger partial charge in [-0.05, 0) is 45.0 Å². The standard InChI is InChI=1S/C32H41N6O11P/c1-7-25(39)46-27-23(48-32(17-33,28(27)47-26(40)8-2)24-15-14-22-29(34)35-19-36-38(22)24)16-45-50(42,49-21-12-10-9-11-13-21)37-20(3)30(41)44-18-31(4,5)43-6/h9-15,19-20,23,27-28H,7-8,16,18H2,1-6H3,(H,37,42)(H2,34,35,36)/t20-,23+,27+,28+,32-,50?/m0/s1. The van der Waals surface area contributed by atoms with Crippen LogP contribution in [0.4, 0.5) is 5.82 Å². The summed E-state index contributed by atoms with van der Waals surface area (Å²) in [5, 5.41) is 17.5. The molecule has 0 aliphatic carbocycles. The summed E-state index contributed by atoms with van der Waals surface area (Å²) in [5.41, 5.74) is 3.51. The molecule has 2 aromatic heterocycles. The Labute approximate surface area is 288 Å². The fourth-order valence-corrected chi connectivity index (χ4v) is 6.37. The molecule has 0 radical (unpaired) electrons. The van der Waals surface area contributed by atoms with Crippen molar-refractivity contribution >= 4 is 37.0 Å². The molecule has 4 rings (SSSR count). The Morgan fingerprint density at radius 3 is 2.46 bits per heavy atom. The lowest BCUT2D eigenvalue weighted by Gasteiger charge is -2.28. The van der Waals surface area contributed by atoms with Crippen molar-refractivity contribution in [3.63, 3.8) is 0 Å². The Morgan fingerprint density at radius 2 is 1.82 bits per heavy atom. The molecule has 6 atom stereocenters. The van der Waals surface area contributed by atoms with Crippen molar-refractivity contribution in [1.29, 1.82) is 5.26 Å². The molecule has 0 bridgehead atoms. The second-order valence-corrected chi connectivity index (χ2v) is 13.6. The monoisotopic (exact) mass is 716 g/mol. The number of carbonyl (C=O) groups excluding carboxylic acids is 3. The Hall–Kier alpha value is -4.59. The fraction of sp³-hybridized carbons (Fsp3) is 0.500. The van der Waals surface area contributed by atoms with E-state index in [4.69, 9.17) is 38.5 Å². The van der Waals surface area contributed by atoms with Crippen LogP contribution in [0.3, 0.4) is 0 Å². The van der Waals surface area contributed by atoms with Crippen LogP contribution in [0, 0.1) is 11.3 Å². The van der Waals surface area contributed by atoms with E-state index < -0.39 is 67.8 Å². The summed E-state index contributed by atoms with van der Waals surface area (Å²) >= 11 is 0. The van der Waals surface area contributed by atoms with Crippen molar-refractivity contribution in [1.82, 2.24) is 19.7 Å². The summed E-state index contributed by atoms with van der Waals surface area (Å²) < 4.78 is 55.7. The summed E-state index contributed by atoms with van der Waals surface area (Å²) in [7, 11) is -3.02. The number of aromatic nitrogens is 3. The van der Waals surface area contributed by atoms with Gasteiger partial charge in [-0.15, -0.1) is 0 Å². The Balaban J connectivity index is 1.72. The third kappa shape index (κ3) is 8.58. The molecule has 50 heavy (non-hydrogen) atoms. The highest BCUT2D eigenvalue weighted by atomic mass is 31.2. The highest BCUT2D eigenvalue weighted by molar-refractivity contribution is 7.52. The van der Waals surface area contributed by atoms with Crippen LogP contribution in [-0.4, -0.2) is 82.8 Å². The average Bonchev–Trinajstić information content (AvgIpc) is 3.67. The number of fused-ring (bicyclic) bond motifs is 1. The number of para-hydroxylation sites is 1. The second kappa shape index (κ2) is 16.0. The summed E-state index contributed by atoms with van der Waals surface area (Å²) in [4.78, 5) is 42.4. The van der Waals surface area contributed by atoms with Gasteiger partial charge in [0.15, 0.2) is 18.0 Å². The van der Waals surface area contributed by atoms with Crippen molar-refractivity contribution in [3.05, 3.63) is 54.5 Å². The van der Waals surface area contributed by atoms with Crippen LogP contribution in [0.5, 0.6) is 5.75 Å². The van der Waals surface area contributed by atoms with Gasteiger partial charge in [0.1, 0.15) is 42.4 Å². The maximum absolute atomic E-state index is 14.3. The minimum absolute atomic E-state index is 0.0768. The summed E-state index contributed by atoms with van der Waals surface area (Å²) in [6.07, 6.45) is -3.39. The molecule has 270 valence electrons. The lowest BCUT2D eigenvalue weighted by Crippen LogP contribution is -2.46. The van der Waals surface area contributed by atoms with E-state index in [1.54, 1.807) is 52.0 Å². The highest BCUT2D eigenvalue weighted by Crippen LogP contribution is 2.48. The number of ether oxygens (including phenoxy) is 5. The number of nitrogens with two attached hydrogens (primary N) is 1. The molecule has 1 aromatic carbocycles. The van der Waals surface area contributed by atoms with Crippen molar-refractivity contribution in [2.24, 2.45) is 0 Å². The van der Waals surface area contributed by atoms with Gasteiger partial charge in [0.2, 0.25) is 5.60 Å². The molecule has 0 amide bonds. The predicted molar refractivity (Wildman–Crippen MR) is 175 cm³/mol. The maximum Gasteiger partial charge on any atom is 0.459 e. The number of anilines is 1. The van der Waals surface area contributed by atoms with Crippen LogP contribution in [0.2, 0.25) is 0 Å². The summed E-state index contributed by atoms with van der Waals surface area (Å²) in [6.45, 7) is 7.19. The maximum atomic E-state index is 14.3. The number of nitrogen functional groups attached to an aromatic ring is 1. The van der Waals surface area contributed by atoms with Crippen molar-refractivity contribution in [2.75, 3.05) is 26.1 Å². The Bertz CT molecular complexity index is 1760. The van der Waals surface area contributed by atoms with Gasteiger partial charge in [-0.25, -0.2) is 14.1 Å². The number of rotatable bonds is 16. The molecule has 0 saturated carbocycles. The Kier molecular flexibility index (Phi) is 12.2. The summed E-state index contributed by atoms with van der Waals surface area (Å²) in [5.74, 6) is -1.99. The third-order valence-electron chi connectivity index (χ3n) is 7.73. The first-order valence-electron chi connectivity index (χ1n) is 15.8. The van der Waals surface area contributed by atoms with Gasteiger partial charge in [-0.2, -0.15) is 15.4 Å². The number of benzene rings is 1. The van der Waals surface area contributed by atoms with Crippen LogP contribution in [0.15, 0.2) is 48.8 Å². The van der Waals surface area contributed by atoms with E-state index >= 15 is 0 Å². The van der Waals surface area contributed by atoms with Gasteiger partial charge in [0.05, 0.1) is 17.9 Å². The van der Waals surface area contributed by atoms with E-state index in [0.717, 1.165) is 0 Å². The van der Waals surface area contributed by atoms with Crippen LogP contribution < -0.4 is 15.3 Å². The highest BCUT2D eigenvalue weighted by Gasteiger charge is 2.62. The van der Waals surface area contributed by atoms with Gasteiger partial charge in [-0.1, -0.05) is 32.0 Å². The van der Waals surface area contributed by atoms with E-state index in [1.807, 2.05) is 0 Å². The SMILES string of the molecule is CCC(=O)O[C@H]1[C@@H](OC(=O)CC)[C@](C#N)(c2ccc3c(N)ncnn23)O[C@@H]1COP(=O)(N[C@@H](C)C(=O)OCC(C)(C)OC)Oc1ccccc1. The minimum Gasteiger partial charge on any atom is -0.461 e. The molecule has 1 unspecified atom stereocenters. The molecule has 1 aliphatic rings. The zero-order valence-electron chi connectivity index (χ0n) is 28.6. The first kappa shape index (κ1) is 38.2. The molecule has 0 spiro atoms. The lowest BCUT2D eigenvalue weighted by molar-refractivity contribution is -0.169. The van der Waals surface area contributed by atoms with Crippen molar-refractivity contribution in [3.8, 4) is 11.8 Å². The molecular weight excluding hydrogens is 675 g/mol. The van der Waals surface area contributed by atoms with Gasteiger partial charge >= 0.3 is 25.7 Å². The van der Waals surface area contributed by atoms with E-state index in [-0.39, 0.29) is 36.7 Å². The molecular formula is C32H41N6O11P. The Morgan fingerprint density at radius 1 is 1.14 bits per heavy atom. The number of nitriles is 1. The van der Waals surface area contributed by atoms with Gasteiger partial charge in [0.25, 0.3) is 0 Å². The van der Waals surface area contributed by atoms with Crippen LogP contribution >= 0.6 is 7.75 Å². The topological polar surface area (TPSA) is 225 Å². The second-order valence-electron chi connectivity index (χ2n) is 11.9. The number of hydrogen-bond acceptors (Lipinski definition) is 15. The van der Waals surface area contributed by atoms with E-state index in [0.29, 0.717) is 5.52 Å². The van der Waals surface area contributed by atoms with E-state index in [1.165, 1.54) is 43.1 Å². The summed E-state index contributed by atoms with van der Waals surface area (Å²) in [6, 6.07) is 11.9. The molecule has 3 aromatic rings.